The number of benzene rings is 2. The summed E-state index contributed by atoms with van der Waals surface area (Å²) in [6.45, 7) is 0.909. The van der Waals surface area contributed by atoms with Crippen molar-refractivity contribution in [3.8, 4) is 0 Å². The van der Waals surface area contributed by atoms with Gasteiger partial charge in [0, 0.05) is 0 Å². The van der Waals surface area contributed by atoms with Gasteiger partial charge >= 0.3 is 0 Å². The minimum absolute atomic E-state index is 0.909. The highest BCUT2D eigenvalue weighted by atomic mass is 15.1. The Labute approximate surface area is 113 Å². The van der Waals surface area contributed by atoms with E-state index in [1.165, 1.54) is 17.0 Å². The molecule has 3 aromatic rings. The van der Waals surface area contributed by atoms with Crippen molar-refractivity contribution < 1.29 is 4.57 Å². The molecule has 2 aromatic carbocycles. The van der Waals surface area contributed by atoms with E-state index in [0.29, 0.717) is 0 Å². The summed E-state index contributed by atoms with van der Waals surface area (Å²) in [5, 5.41) is 0. The Morgan fingerprint density at radius 3 is 2.11 bits per heavy atom. The molecule has 0 aliphatic rings. The minimum Gasteiger partial charge on any atom is -0.247 e. The van der Waals surface area contributed by atoms with Crippen LogP contribution in [0.1, 0.15) is 17.0 Å². The molecule has 3 rings (SSSR count). The van der Waals surface area contributed by atoms with Crippen molar-refractivity contribution in [3.63, 3.8) is 0 Å². The predicted octanol–water partition coefficient (Wildman–Crippen LogP) is 2.94. The molecule has 0 saturated carbocycles. The molecule has 2 heteroatoms. The zero-order valence-corrected chi connectivity index (χ0v) is 10.8. The number of nitrogens with one attached hydrogen (secondary N) is 1. The summed E-state index contributed by atoms with van der Waals surface area (Å²) in [7, 11) is 0. The number of hydrogen-bond acceptors (Lipinski definition) is 0. The van der Waals surface area contributed by atoms with Crippen LogP contribution in [-0.4, -0.2) is 4.98 Å². The molecule has 0 aliphatic heterocycles. The molecule has 0 amide bonds. The van der Waals surface area contributed by atoms with Crippen LogP contribution in [-0.2, 0) is 13.0 Å². The maximum Gasteiger partial charge on any atom is 0.258 e. The van der Waals surface area contributed by atoms with Crippen LogP contribution in [0.2, 0.25) is 0 Å². The summed E-state index contributed by atoms with van der Waals surface area (Å²) in [4.78, 5) is 3.34. The van der Waals surface area contributed by atoms with Gasteiger partial charge in [-0.25, -0.2) is 9.55 Å². The normalized spacial score (nSPS) is 10.5. The number of aromatic amines is 1. The van der Waals surface area contributed by atoms with Crippen molar-refractivity contribution in [1.29, 1.82) is 0 Å². The van der Waals surface area contributed by atoms with Crippen LogP contribution in [0.15, 0.2) is 73.1 Å². The first-order chi connectivity index (χ1) is 9.42. The maximum atomic E-state index is 3.34. The molecule has 0 spiro atoms. The third-order valence-corrected chi connectivity index (χ3v) is 3.26. The SMILES string of the molecule is c1ccc(Cc2[nH]cc[n+]2Cc2ccccc2)cc1. The molecule has 94 valence electrons. The van der Waals surface area contributed by atoms with E-state index < -0.39 is 0 Å². The second kappa shape index (κ2) is 5.53. The molecule has 0 atom stereocenters. The van der Waals surface area contributed by atoms with Gasteiger partial charge in [-0.2, -0.15) is 0 Å². The lowest BCUT2D eigenvalue weighted by Gasteiger charge is -2.02. The average Bonchev–Trinajstić information content (AvgIpc) is 2.88. The molecule has 0 bridgehead atoms. The molecule has 2 nitrogen and oxygen atoms in total. The van der Waals surface area contributed by atoms with Crippen molar-refractivity contribution in [2.24, 2.45) is 0 Å². The van der Waals surface area contributed by atoms with Crippen LogP contribution in [0.4, 0.5) is 0 Å². The second-order valence-corrected chi connectivity index (χ2v) is 4.68. The Kier molecular flexibility index (Phi) is 3.41. The van der Waals surface area contributed by atoms with E-state index in [4.69, 9.17) is 0 Å². The van der Waals surface area contributed by atoms with Crippen molar-refractivity contribution in [2.75, 3.05) is 0 Å². The summed E-state index contributed by atoms with van der Waals surface area (Å²) in [6, 6.07) is 21.1. The van der Waals surface area contributed by atoms with Gasteiger partial charge in [0.25, 0.3) is 5.82 Å². The van der Waals surface area contributed by atoms with Crippen molar-refractivity contribution in [2.45, 2.75) is 13.0 Å². The first kappa shape index (κ1) is 11.7. The molecule has 0 aliphatic carbocycles. The van der Waals surface area contributed by atoms with Gasteiger partial charge in [0.05, 0.1) is 6.42 Å². The molecule has 19 heavy (non-hydrogen) atoms. The minimum atomic E-state index is 0.909. The Hall–Kier alpha value is -2.35. The number of H-pyrrole nitrogens is 1. The van der Waals surface area contributed by atoms with E-state index in [1.807, 2.05) is 6.20 Å². The fraction of sp³-hybridized carbons (Fsp3) is 0.118. The van der Waals surface area contributed by atoms with Gasteiger partial charge in [-0.1, -0.05) is 60.7 Å². The summed E-state index contributed by atoms with van der Waals surface area (Å²) < 4.78 is 2.27. The van der Waals surface area contributed by atoms with E-state index in [0.717, 1.165) is 13.0 Å². The Bertz CT molecular complexity index is 571. The number of rotatable bonds is 4. The van der Waals surface area contributed by atoms with E-state index >= 15 is 0 Å². The molecule has 1 N–H and O–H groups in total. The Morgan fingerprint density at radius 2 is 1.42 bits per heavy atom. The zero-order valence-electron chi connectivity index (χ0n) is 10.8. The first-order valence-corrected chi connectivity index (χ1v) is 6.55. The number of imidazole rings is 1. The lowest BCUT2D eigenvalue weighted by molar-refractivity contribution is -0.694. The highest BCUT2D eigenvalue weighted by Gasteiger charge is 2.11. The molecule has 0 saturated heterocycles. The molecule has 1 aromatic heterocycles. The average molecular weight is 249 g/mol. The van der Waals surface area contributed by atoms with Gasteiger partial charge in [0.15, 0.2) is 0 Å². The van der Waals surface area contributed by atoms with E-state index in [9.17, 15) is 0 Å². The number of hydrogen-bond donors (Lipinski definition) is 1. The fourth-order valence-electron chi connectivity index (χ4n) is 2.27. The molecule has 0 radical (unpaired) electrons. The van der Waals surface area contributed by atoms with E-state index in [-0.39, 0.29) is 0 Å². The van der Waals surface area contributed by atoms with Crippen molar-refractivity contribution in [3.05, 3.63) is 90.0 Å². The Morgan fingerprint density at radius 1 is 0.789 bits per heavy atom. The van der Waals surface area contributed by atoms with Crippen LogP contribution in [0.5, 0.6) is 0 Å². The van der Waals surface area contributed by atoms with Gasteiger partial charge in [-0.3, -0.25) is 0 Å². The predicted molar refractivity (Wildman–Crippen MR) is 75.8 cm³/mol. The molecular formula is C17H17N2+. The lowest BCUT2D eigenvalue weighted by atomic mass is 10.1. The van der Waals surface area contributed by atoms with Crippen LogP contribution >= 0.6 is 0 Å². The van der Waals surface area contributed by atoms with Crippen molar-refractivity contribution >= 4 is 0 Å². The number of aromatic nitrogens is 2. The first-order valence-electron chi connectivity index (χ1n) is 6.55. The lowest BCUT2D eigenvalue weighted by Crippen LogP contribution is -2.36. The summed E-state index contributed by atoms with van der Waals surface area (Å²) in [6.07, 6.45) is 5.03. The second-order valence-electron chi connectivity index (χ2n) is 4.68. The van der Waals surface area contributed by atoms with Crippen LogP contribution < -0.4 is 4.57 Å². The van der Waals surface area contributed by atoms with Gasteiger partial charge in [-0.05, 0) is 11.1 Å². The highest BCUT2D eigenvalue weighted by molar-refractivity contribution is 5.18. The van der Waals surface area contributed by atoms with Gasteiger partial charge in [-0.15, -0.1) is 0 Å². The monoisotopic (exact) mass is 249 g/mol. The van der Waals surface area contributed by atoms with Crippen LogP contribution in [0.3, 0.4) is 0 Å². The highest BCUT2D eigenvalue weighted by Crippen LogP contribution is 2.05. The standard InChI is InChI=1S/C17H16N2/c1-3-7-15(8-4-1)13-17-18-11-12-19(17)14-16-9-5-2-6-10-16/h1-12H,13-14H2/p+1. The largest absolute Gasteiger partial charge is 0.258 e. The molecular weight excluding hydrogens is 232 g/mol. The van der Waals surface area contributed by atoms with Crippen LogP contribution in [0.25, 0.3) is 0 Å². The van der Waals surface area contributed by atoms with E-state index in [1.54, 1.807) is 0 Å². The quantitative estimate of drug-likeness (QED) is 0.686. The summed E-state index contributed by atoms with van der Waals surface area (Å²) in [5.41, 5.74) is 2.65. The van der Waals surface area contributed by atoms with Gasteiger partial charge < -0.3 is 0 Å². The topological polar surface area (TPSA) is 19.7 Å². The van der Waals surface area contributed by atoms with Gasteiger partial charge in [0.1, 0.15) is 18.9 Å². The third-order valence-electron chi connectivity index (χ3n) is 3.26. The van der Waals surface area contributed by atoms with Gasteiger partial charge in [0.2, 0.25) is 0 Å². The summed E-state index contributed by atoms with van der Waals surface area (Å²) >= 11 is 0. The Balaban J connectivity index is 1.79. The smallest absolute Gasteiger partial charge is 0.247 e. The fourth-order valence-corrected chi connectivity index (χ4v) is 2.27. The van der Waals surface area contributed by atoms with Crippen molar-refractivity contribution in [1.82, 2.24) is 4.98 Å². The molecule has 1 heterocycles. The summed E-state index contributed by atoms with van der Waals surface area (Å²) in [5.74, 6) is 1.23. The molecule has 0 fully saturated rings. The third kappa shape index (κ3) is 2.91. The molecule has 0 unspecified atom stereocenters. The van der Waals surface area contributed by atoms with E-state index in [2.05, 4.69) is 76.4 Å². The number of nitrogens with zero attached hydrogens (tertiary/aromatic N) is 1. The maximum absolute atomic E-state index is 3.34. The van der Waals surface area contributed by atoms with Crippen LogP contribution in [0, 0.1) is 0 Å². The zero-order chi connectivity index (χ0) is 12.9.